The molecule has 0 aliphatic heterocycles. The van der Waals surface area contributed by atoms with Crippen molar-refractivity contribution in [2.45, 2.75) is 26.8 Å². The van der Waals surface area contributed by atoms with Gasteiger partial charge in [0, 0.05) is 23.1 Å². The fourth-order valence-corrected chi connectivity index (χ4v) is 2.93. The van der Waals surface area contributed by atoms with Gasteiger partial charge in [-0.15, -0.1) is 11.3 Å². The van der Waals surface area contributed by atoms with Gasteiger partial charge in [0.15, 0.2) is 0 Å². The lowest BCUT2D eigenvalue weighted by molar-refractivity contribution is 0.913. The van der Waals surface area contributed by atoms with Crippen LogP contribution in [0.1, 0.15) is 23.3 Å². The van der Waals surface area contributed by atoms with Crippen LogP contribution in [0.4, 0.5) is 5.82 Å². The van der Waals surface area contributed by atoms with Crippen LogP contribution in [-0.4, -0.2) is 9.97 Å². The van der Waals surface area contributed by atoms with Crippen molar-refractivity contribution in [3.8, 4) is 0 Å². The molecule has 0 spiro atoms. The molecule has 0 fully saturated rings. The summed E-state index contributed by atoms with van der Waals surface area (Å²) in [5, 5.41) is 3.33. The number of aromatic nitrogens is 2. The summed E-state index contributed by atoms with van der Waals surface area (Å²) >= 11 is 5.19. The summed E-state index contributed by atoms with van der Waals surface area (Å²) in [6.45, 7) is 4.86. The minimum Gasteiger partial charge on any atom is -0.365 e. The van der Waals surface area contributed by atoms with Gasteiger partial charge < -0.3 is 5.32 Å². The topological polar surface area (TPSA) is 37.8 Å². The third-order valence-corrected chi connectivity index (χ3v) is 3.91. The van der Waals surface area contributed by atoms with Gasteiger partial charge in [0.1, 0.15) is 11.6 Å². The first kappa shape index (κ1) is 12.5. The van der Waals surface area contributed by atoms with E-state index in [1.165, 1.54) is 4.88 Å². The van der Waals surface area contributed by atoms with Crippen LogP contribution in [0.25, 0.3) is 0 Å². The summed E-state index contributed by atoms with van der Waals surface area (Å²) in [6, 6.07) is 6.14. The number of thiophene rings is 1. The highest BCUT2D eigenvalue weighted by atomic mass is 79.9. The van der Waals surface area contributed by atoms with Crippen LogP contribution < -0.4 is 5.32 Å². The molecule has 90 valence electrons. The van der Waals surface area contributed by atoms with Crippen molar-refractivity contribution in [1.82, 2.24) is 9.97 Å². The van der Waals surface area contributed by atoms with Gasteiger partial charge in [-0.1, -0.05) is 6.92 Å². The van der Waals surface area contributed by atoms with E-state index in [1.807, 2.05) is 13.0 Å². The van der Waals surface area contributed by atoms with Crippen LogP contribution in [0.3, 0.4) is 0 Å². The number of anilines is 1. The zero-order valence-electron chi connectivity index (χ0n) is 9.83. The normalized spacial score (nSPS) is 10.5. The fraction of sp³-hybridized carbons (Fsp3) is 0.333. The molecule has 1 N–H and O–H groups in total. The lowest BCUT2D eigenvalue weighted by Crippen LogP contribution is -2.04. The van der Waals surface area contributed by atoms with E-state index in [9.17, 15) is 0 Å². The molecule has 0 radical (unpaired) electrons. The summed E-state index contributed by atoms with van der Waals surface area (Å²) in [7, 11) is 0. The molecule has 2 heterocycles. The largest absolute Gasteiger partial charge is 0.365 e. The van der Waals surface area contributed by atoms with E-state index >= 15 is 0 Å². The van der Waals surface area contributed by atoms with E-state index < -0.39 is 0 Å². The Hall–Kier alpha value is -0.940. The third-order valence-electron chi connectivity index (χ3n) is 2.29. The predicted octanol–water partition coefficient (Wildman–Crippen LogP) is 3.78. The molecule has 0 saturated carbocycles. The number of hydrogen-bond acceptors (Lipinski definition) is 4. The highest BCUT2D eigenvalue weighted by molar-refractivity contribution is 9.11. The standard InChI is InChI=1S/C12H14BrN3S/c1-3-11-15-8(2)6-12(16-11)14-7-9-4-5-10(13)17-9/h4-6H,3,7H2,1-2H3,(H,14,15,16). The minimum absolute atomic E-state index is 0.801. The quantitative estimate of drug-likeness (QED) is 0.933. The SMILES string of the molecule is CCc1nc(C)cc(NCc2ccc(Br)s2)n1. The number of rotatable bonds is 4. The molecule has 5 heteroatoms. The van der Waals surface area contributed by atoms with Crippen molar-refractivity contribution < 1.29 is 0 Å². The van der Waals surface area contributed by atoms with Crippen molar-refractivity contribution in [2.75, 3.05) is 5.32 Å². The van der Waals surface area contributed by atoms with Gasteiger partial charge in [0.05, 0.1) is 10.3 Å². The maximum absolute atomic E-state index is 4.44. The van der Waals surface area contributed by atoms with Crippen molar-refractivity contribution in [3.05, 3.63) is 38.4 Å². The number of aryl methyl sites for hydroxylation is 2. The van der Waals surface area contributed by atoms with E-state index in [0.29, 0.717) is 0 Å². The first-order chi connectivity index (χ1) is 8.17. The zero-order valence-corrected chi connectivity index (χ0v) is 12.2. The first-order valence-corrected chi connectivity index (χ1v) is 7.11. The second-order valence-electron chi connectivity index (χ2n) is 3.72. The summed E-state index contributed by atoms with van der Waals surface area (Å²) < 4.78 is 1.16. The number of halogens is 1. The summed E-state index contributed by atoms with van der Waals surface area (Å²) in [6.07, 6.45) is 0.862. The average molecular weight is 312 g/mol. The fourth-order valence-electron chi connectivity index (χ4n) is 1.50. The van der Waals surface area contributed by atoms with Crippen LogP contribution in [0.15, 0.2) is 22.0 Å². The molecule has 0 aromatic carbocycles. The Bertz CT molecular complexity index is 510. The number of hydrogen-bond donors (Lipinski definition) is 1. The predicted molar refractivity (Wildman–Crippen MR) is 75.5 cm³/mol. The smallest absolute Gasteiger partial charge is 0.130 e. The molecule has 0 bridgehead atoms. The van der Waals surface area contributed by atoms with Crippen LogP contribution >= 0.6 is 27.3 Å². The summed E-state index contributed by atoms with van der Waals surface area (Å²) in [5.74, 6) is 1.79. The van der Waals surface area contributed by atoms with E-state index in [1.54, 1.807) is 11.3 Å². The number of nitrogens with zero attached hydrogens (tertiary/aromatic N) is 2. The molecule has 0 aliphatic carbocycles. The molecule has 0 atom stereocenters. The maximum atomic E-state index is 4.44. The molecule has 0 unspecified atom stereocenters. The third kappa shape index (κ3) is 3.51. The van der Waals surface area contributed by atoms with Gasteiger partial charge in [-0.25, -0.2) is 9.97 Å². The highest BCUT2D eigenvalue weighted by Gasteiger charge is 2.02. The molecule has 17 heavy (non-hydrogen) atoms. The van der Waals surface area contributed by atoms with Crippen LogP contribution in [0.5, 0.6) is 0 Å². The Morgan fingerprint density at radius 1 is 1.35 bits per heavy atom. The molecule has 2 aromatic heterocycles. The molecule has 3 nitrogen and oxygen atoms in total. The number of nitrogens with one attached hydrogen (secondary N) is 1. The van der Waals surface area contributed by atoms with Gasteiger partial charge in [0.2, 0.25) is 0 Å². The zero-order chi connectivity index (χ0) is 12.3. The Morgan fingerprint density at radius 2 is 2.18 bits per heavy atom. The second kappa shape index (κ2) is 5.60. The van der Waals surface area contributed by atoms with Gasteiger partial charge in [0.25, 0.3) is 0 Å². The van der Waals surface area contributed by atoms with E-state index in [0.717, 1.165) is 34.1 Å². The summed E-state index contributed by atoms with van der Waals surface area (Å²) in [5.41, 5.74) is 1.01. The van der Waals surface area contributed by atoms with Crippen molar-refractivity contribution in [2.24, 2.45) is 0 Å². The molecular formula is C12H14BrN3S. The molecule has 0 saturated heterocycles. The van der Waals surface area contributed by atoms with Crippen molar-refractivity contribution >= 4 is 33.1 Å². The Balaban J connectivity index is 2.05. The lowest BCUT2D eigenvalue weighted by atomic mass is 10.3. The minimum atomic E-state index is 0.801. The molecule has 2 rings (SSSR count). The molecule has 0 amide bonds. The Kier molecular flexibility index (Phi) is 4.12. The van der Waals surface area contributed by atoms with E-state index in [-0.39, 0.29) is 0 Å². The maximum Gasteiger partial charge on any atom is 0.130 e. The van der Waals surface area contributed by atoms with E-state index in [2.05, 4.69) is 50.3 Å². The summed E-state index contributed by atoms with van der Waals surface area (Å²) in [4.78, 5) is 10.1. The highest BCUT2D eigenvalue weighted by Crippen LogP contribution is 2.22. The van der Waals surface area contributed by atoms with Crippen molar-refractivity contribution in [3.63, 3.8) is 0 Å². The lowest BCUT2D eigenvalue weighted by Gasteiger charge is -2.06. The van der Waals surface area contributed by atoms with Gasteiger partial charge in [-0.3, -0.25) is 0 Å². The molecule has 0 aliphatic rings. The van der Waals surface area contributed by atoms with Gasteiger partial charge >= 0.3 is 0 Å². The molecular weight excluding hydrogens is 298 g/mol. The van der Waals surface area contributed by atoms with Gasteiger partial charge in [-0.05, 0) is 35.0 Å². The second-order valence-corrected chi connectivity index (χ2v) is 6.27. The van der Waals surface area contributed by atoms with Crippen LogP contribution in [-0.2, 0) is 13.0 Å². The Labute approximate surface area is 113 Å². The average Bonchev–Trinajstić information content (AvgIpc) is 2.72. The van der Waals surface area contributed by atoms with Crippen LogP contribution in [0.2, 0.25) is 0 Å². The van der Waals surface area contributed by atoms with Crippen molar-refractivity contribution in [1.29, 1.82) is 0 Å². The monoisotopic (exact) mass is 311 g/mol. The molecule has 2 aromatic rings. The van der Waals surface area contributed by atoms with Gasteiger partial charge in [-0.2, -0.15) is 0 Å². The first-order valence-electron chi connectivity index (χ1n) is 5.50. The van der Waals surface area contributed by atoms with E-state index in [4.69, 9.17) is 0 Å². The Morgan fingerprint density at radius 3 is 2.82 bits per heavy atom. The van der Waals surface area contributed by atoms with Crippen LogP contribution in [0, 0.1) is 6.92 Å².